The minimum atomic E-state index is -0.384. The molecule has 4 aliphatic rings. The first kappa shape index (κ1) is 40.6. The van der Waals surface area contributed by atoms with Crippen molar-refractivity contribution >= 4 is 44.6 Å². The number of carbonyl (C=O) groups excluding carboxylic acids is 1. The van der Waals surface area contributed by atoms with Gasteiger partial charge in [-0.2, -0.15) is 0 Å². The predicted octanol–water partition coefficient (Wildman–Crippen LogP) is 10.2. The molecule has 0 atom stereocenters. The molecule has 2 aromatic carbocycles. The minimum Gasteiger partial charge on any atom is -0.545 e. The zero-order chi connectivity index (χ0) is 32.7. The van der Waals surface area contributed by atoms with E-state index in [9.17, 15) is 0 Å². The van der Waals surface area contributed by atoms with Gasteiger partial charge < -0.3 is 14.6 Å². The Balaban J connectivity index is 0.000000238. The first-order valence-electron chi connectivity index (χ1n) is 19.0. The maximum atomic E-state index is 7.75. The maximum absolute atomic E-state index is 7.75. The van der Waals surface area contributed by atoms with E-state index in [2.05, 4.69) is 93.3 Å². The largest absolute Gasteiger partial charge is 0.545 e. The number of nitrogens with zero attached hydrogens (tertiary/aromatic N) is 2. The minimum absolute atomic E-state index is 0. The molecule has 4 fully saturated rings. The number of rotatable bonds is 8. The predicted molar refractivity (Wildman–Crippen MR) is 212 cm³/mol. The van der Waals surface area contributed by atoms with E-state index in [0.29, 0.717) is 0 Å². The fraction of sp³-hybridized carbons (Fsp3) is 0.683. The summed E-state index contributed by atoms with van der Waals surface area (Å²) in [5, 5.41) is 3.46. The second-order valence-electron chi connectivity index (χ2n) is 15.1. The fourth-order valence-electron chi connectivity index (χ4n) is 9.17. The Hall–Kier alpha value is -0.807. The number of hydrogen-bond donors (Lipinski definition) is 0. The SMILES string of the molecule is CN(C)c1ccc([PH+](C2CCCCC2)C2CCCCC2)cc1.CN(C)c1ccc([PH+](C2CCCCC2)C2CCCCC2)cc1.[CH-]=O.[Rh]. The molecule has 1 radical (unpaired) electrons. The monoisotopic (exact) mass is 768 g/mol. The molecule has 4 aliphatic carbocycles. The summed E-state index contributed by atoms with van der Waals surface area (Å²) in [6, 6.07) is 19.3. The van der Waals surface area contributed by atoms with Gasteiger partial charge in [0.15, 0.2) is 0 Å². The van der Waals surface area contributed by atoms with Gasteiger partial charge in [0.25, 0.3) is 0 Å². The molecule has 0 N–H and O–H groups in total. The Morgan fingerprint density at radius 2 is 0.638 bits per heavy atom. The van der Waals surface area contributed by atoms with E-state index in [4.69, 9.17) is 4.79 Å². The van der Waals surface area contributed by atoms with E-state index in [1.165, 1.54) is 140 Å². The zero-order valence-electron chi connectivity index (χ0n) is 30.3. The molecule has 2 aromatic rings. The summed E-state index contributed by atoms with van der Waals surface area (Å²) in [6.45, 7) is 3.25. The van der Waals surface area contributed by atoms with Crippen molar-refractivity contribution in [1.29, 1.82) is 0 Å². The van der Waals surface area contributed by atoms with Crippen molar-refractivity contribution in [2.45, 2.75) is 151 Å². The molecule has 0 aliphatic heterocycles. The molecule has 0 unspecified atom stereocenters. The molecule has 265 valence electrons. The first-order valence-corrected chi connectivity index (χ1v) is 22.3. The molecule has 4 saturated carbocycles. The van der Waals surface area contributed by atoms with E-state index < -0.39 is 0 Å². The molecule has 47 heavy (non-hydrogen) atoms. The summed E-state index contributed by atoms with van der Waals surface area (Å²) in [4.78, 5) is 12.2. The summed E-state index contributed by atoms with van der Waals surface area (Å²) in [5.41, 5.74) is 6.88. The van der Waals surface area contributed by atoms with Crippen LogP contribution in [0, 0.1) is 0 Å². The van der Waals surface area contributed by atoms with Gasteiger partial charge in [0.2, 0.25) is 0 Å². The van der Waals surface area contributed by atoms with Gasteiger partial charge >= 0.3 is 0 Å². The molecule has 6 heteroatoms. The van der Waals surface area contributed by atoms with Gasteiger partial charge in [-0.3, -0.25) is 6.79 Å². The van der Waals surface area contributed by atoms with Crippen LogP contribution in [-0.4, -0.2) is 57.6 Å². The Bertz CT molecular complexity index is 964. The Morgan fingerprint density at radius 3 is 0.830 bits per heavy atom. The number of hydrogen-bond acceptors (Lipinski definition) is 3. The van der Waals surface area contributed by atoms with E-state index in [-0.39, 0.29) is 35.3 Å². The third-order valence-corrected chi connectivity index (χ3v) is 19.4. The van der Waals surface area contributed by atoms with Crippen molar-refractivity contribution in [2.24, 2.45) is 0 Å². The quantitative estimate of drug-likeness (QED) is 0.116. The fourth-order valence-corrected chi connectivity index (χ4v) is 17.6. The molecule has 3 nitrogen and oxygen atoms in total. The van der Waals surface area contributed by atoms with Gasteiger partial charge in [0, 0.05) is 74.9 Å². The third kappa shape index (κ3) is 12.2. The van der Waals surface area contributed by atoms with E-state index in [1.807, 2.05) is 0 Å². The van der Waals surface area contributed by atoms with E-state index in [1.54, 1.807) is 10.6 Å². The van der Waals surface area contributed by atoms with Crippen LogP contribution in [0.1, 0.15) is 128 Å². The van der Waals surface area contributed by atoms with Crippen LogP contribution in [0.2, 0.25) is 0 Å². The van der Waals surface area contributed by atoms with Gasteiger partial charge in [-0.1, -0.05) is 25.7 Å². The average molecular weight is 769 g/mol. The molecule has 0 saturated heterocycles. The molecule has 0 heterocycles. The summed E-state index contributed by atoms with van der Waals surface area (Å²) in [6.07, 6.45) is 29.9. The summed E-state index contributed by atoms with van der Waals surface area (Å²) < 4.78 is 0. The molecule has 0 aromatic heterocycles. The van der Waals surface area contributed by atoms with Gasteiger partial charge in [-0.25, -0.2) is 0 Å². The van der Waals surface area contributed by atoms with Crippen molar-refractivity contribution in [3.8, 4) is 0 Å². The standard InChI is InChI=1S/2C20H32NP.CHO.Rh/c2*1-21(2)17-13-15-20(16-14-17)22(18-9-5-3-6-10-18)19-11-7-4-8-12-19;1-2;/h2*13-16,18-19H,3-12H2,1-2H3;1H;/q;;-1;/p+2. The molecular weight excluding hydrogens is 701 g/mol. The van der Waals surface area contributed by atoms with Gasteiger partial charge in [0.1, 0.15) is 0 Å². The van der Waals surface area contributed by atoms with Crippen LogP contribution >= 0.6 is 15.8 Å². The topological polar surface area (TPSA) is 23.6 Å². The Morgan fingerprint density at radius 1 is 0.426 bits per heavy atom. The van der Waals surface area contributed by atoms with Crippen LogP contribution in [0.5, 0.6) is 0 Å². The van der Waals surface area contributed by atoms with Crippen molar-refractivity contribution in [2.75, 3.05) is 38.0 Å². The average Bonchev–Trinajstić information content (AvgIpc) is 3.12. The van der Waals surface area contributed by atoms with Crippen LogP contribution in [0.4, 0.5) is 11.4 Å². The number of benzene rings is 2. The summed E-state index contributed by atoms with van der Waals surface area (Å²) in [5.74, 6) is 0. The molecule has 6 rings (SSSR count). The van der Waals surface area contributed by atoms with Crippen LogP contribution in [0.15, 0.2) is 48.5 Å². The van der Waals surface area contributed by atoms with Crippen LogP contribution in [-0.2, 0) is 24.3 Å². The van der Waals surface area contributed by atoms with Crippen molar-refractivity contribution in [3.63, 3.8) is 0 Å². The van der Waals surface area contributed by atoms with Crippen LogP contribution in [0.25, 0.3) is 0 Å². The molecule has 0 amide bonds. The second-order valence-corrected chi connectivity index (χ2v) is 21.4. The molecular formula is C41H67N2OP2Rh+. The maximum Gasteiger partial charge on any atom is 0.0922 e. The normalized spacial score (nSPS) is 20.0. The van der Waals surface area contributed by atoms with Gasteiger partial charge in [-0.15, -0.1) is 0 Å². The number of anilines is 2. The third-order valence-electron chi connectivity index (χ3n) is 11.6. The molecule has 0 spiro atoms. The zero-order valence-corrected chi connectivity index (χ0v) is 33.9. The van der Waals surface area contributed by atoms with Crippen LogP contribution in [0.3, 0.4) is 0 Å². The van der Waals surface area contributed by atoms with Crippen molar-refractivity contribution in [3.05, 3.63) is 48.5 Å². The molecule has 0 bridgehead atoms. The van der Waals surface area contributed by atoms with Gasteiger partial charge in [0.05, 0.1) is 33.2 Å². The van der Waals surface area contributed by atoms with Gasteiger partial charge in [-0.05, 0) is 151 Å². The van der Waals surface area contributed by atoms with Crippen LogP contribution < -0.4 is 20.4 Å². The first-order chi connectivity index (χ1) is 22.5. The van der Waals surface area contributed by atoms with E-state index >= 15 is 0 Å². The van der Waals surface area contributed by atoms with E-state index in [0.717, 1.165) is 22.6 Å². The summed E-state index contributed by atoms with van der Waals surface area (Å²) in [7, 11) is 7.80. The second kappa shape index (κ2) is 22.1. The smallest absolute Gasteiger partial charge is 0.0922 e. The van der Waals surface area contributed by atoms with Crippen molar-refractivity contribution < 1.29 is 24.3 Å². The van der Waals surface area contributed by atoms with Crippen molar-refractivity contribution in [1.82, 2.24) is 0 Å². The summed E-state index contributed by atoms with van der Waals surface area (Å²) >= 11 is 0. The Labute approximate surface area is 305 Å². The Kier molecular flexibility index (Phi) is 19.1.